The van der Waals surface area contributed by atoms with E-state index < -0.39 is 0 Å². The summed E-state index contributed by atoms with van der Waals surface area (Å²) < 4.78 is 18.9. The molecule has 4 rings (SSSR count). The molecule has 142 valence electrons. The van der Waals surface area contributed by atoms with Crippen LogP contribution in [0.15, 0.2) is 42.6 Å². The maximum absolute atomic E-state index is 13.2. The zero-order chi connectivity index (χ0) is 18.6. The number of anilines is 1. The van der Waals surface area contributed by atoms with Crippen molar-refractivity contribution in [3.05, 3.63) is 54.0 Å². The highest BCUT2D eigenvalue weighted by molar-refractivity contribution is 5.94. The smallest absolute Gasteiger partial charge is 0.253 e. The first kappa shape index (κ1) is 17.8. The number of aromatic nitrogens is 1. The van der Waals surface area contributed by atoms with Crippen LogP contribution in [0.4, 0.5) is 10.2 Å². The first-order valence-electron chi connectivity index (χ1n) is 9.57. The van der Waals surface area contributed by atoms with Gasteiger partial charge in [-0.05, 0) is 55.9 Å². The van der Waals surface area contributed by atoms with Gasteiger partial charge >= 0.3 is 0 Å². The average Bonchev–Trinajstić information content (AvgIpc) is 3.51. The fourth-order valence-electron chi connectivity index (χ4n) is 3.30. The molecule has 1 aliphatic carbocycles. The minimum absolute atomic E-state index is 0.0373. The topological polar surface area (TPSA) is 54.5 Å². The van der Waals surface area contributed by atoms with Crippen molar-refractivity contribution in [2.75, 3.05) is 24.6 Å². The van der Waals surface area contributed by atoms with Crippen molar-refractivity contribution in [2.45, 2.75) is 31.7 Å². The standard InChI is InChI=1S/C21H24FN3O2/c22-17-2-1-3-19(12-17)27-14-15-8-10-25(11-9-15)20-7-4-16(13-23-20)21(26)24-18-5-6-18/h1-4,7,12-13,15,18H,5-6,8-11,14H2,(H,24,26). The average molecular weight is 369 g/mol. The summed E-state index contributed by atoms with van der Waals surface area (Å²) in [7, 11) is 0. The minimum atomic E-state index is -0.275. The molecule has 1 aromatic carbocycles. The SMILES string of the molecule is O=C(NC1CC1)c1ccc(N2CCC(COc3cccc(F)c3)CC2)nc1. The van der Waals surface area contributed by atoms with Crippen LogP contribution in [0.3, 0.4) is 0 Å². The van der Waals surface area contributed by atoms with Crippen LogP contribution in [0.1, 0.15) is 36.0 Å². The summed E-state index contributed by atoms with van der Waals surface area (Å²) in [6, 6.07) is 10.4. The van der Waals surface area contributed by atoms with Crippen molar-refractivity contribution in [1.29, 1.82) is 0 Å². The Morgan fingerprint density at radius 2 is 2.00 bits per heavy atom. The third-order valence-corrected chi connectivity index (χ3v) is 5.14. The summed E-state index contributed by atoms with van der Waals surface area (Å²) >= 11 is 0. The Morgan fingerprint density at radius 1 is 1.19 bits per heavy atom. The summed E-state index contributed by atoms with van der Waals surface area (Å²) in [5.41, 5.74) is 0.615. The van der Waals surface area contributed by atoms with Gasteiger partial charge in [-0.2, -0.15) is 0 Å². The second kappa shape index (κ2) is 7.94. The molecule has 1 saturated heterocycles. The summed E-state index contributed by atoms with van der Waals surface area (Å²) in [4.78, 5) is 18.7. The lowest BCUT2D eigenvalue weighted by molar-refractivity contribution is 0.0950. The van der Waals surface area contributed by atoms with Gasteiger partial charge in [-0.25, -0.2) is 9.37 Å². The molecule has 2 fully saturated rings. The Kier molecular flexibility index (Phi) is 5.23. The number of piperidine rings is 1. The lowest BCUT2D eigenvalue weighted by Gasteiger charge is -2.32. The molecule has 0 atom stereocenters. The summed E-state index contributed by atoms with van der Waals surface area (Å²) in [6.45, 7) is 2.40. The second-order valence-electron chi connectivity index (χ2n) is 7.35. The number of hydrogen-bond donors (Lipinski definition) is 1. The molecule has 5 nitrogen and oxygen atoms in total. The number of rotatable bonds is 6. The number of ether oxygens (including phenoxy) is 1. The van der Waals surface area contributed by atoms with E-state index >= 15 is 0 Å². The van der Waals surface area contributed by atoms with E-state index in [1.807, 2.05) is 12.1 Å². The fraction of sp³-hybridized carbons (Fsp3) is 0.429. The van der Waals surface area contributed by atoms with Crippen molar-refractivity contribution < 1.29 is 13.9 Å². The summed E-state index contributed by atoms with van der Waals surface area (Å²) in [5, 5.41) is 2.98. The number of pyridine rings is 1. The summed E-state index contributed by atoms with van der Waals surface area (Å²) in [6.07, 6.45) is 5.82. The van der Waals surface area contributed by atoms with Gasteiger partial charge in [0.15, 0.2) is 0 Å². The monoisotopic (exact) mass is 369 g/mol. The van der Waals surface area contributed by atoms with E-state index in [0.29, 0.717) is 29.9 Å². The zero-order valence-electron chi connectivity index (χ0n) is 15.2. The maximum Gasteiger partial charge on any atom is 0.253 e. The molecule has 2 aromatic rings. The number of nitrogens with zero attached hydrogens (tertiary/aromatic N) is 2. The van der Waals surface area contributed by atoms with E-state index in [1.165, 1.54) is 12.1 Å². The maximum atomic E-state index is 13.2. The van der Waals surface area contributed by atoms with Crippen molar-refractivity contribution in [1.82, 2.24) is 10.3 Å². The molecule has 0 bridgehead atoms. The van der Waals surface area contributed by atoms with Crippen molar-refractivity contribution in [3.8, 4) is 5.75 Å². The number of amides is 1. The zero-order valence-corrected chi connectivity index (χ0v) is 15.2. The van der Waals surface area contributed by atoms with Crippen LogP contribution in [-0.4, -0.2) is 36.6 Å². The highest BCUT2D eigenvalue weighted by Gasteiger charge is 2.24. The van der Waals surface area contributed by atoms with Crippen molar-refractivity contribution in [3.63, 3.8) is 0 Å². The molecule has 2 aliphatic rings. The Bertz CT molecular complexity index is 784. The normalized spacial score (nSPS) is 17.6. The Hall–Kier alpha value is -2.63. The molecular weight excluding hydrogens is 345 g/mol. The number of hydrogen-bond acceptors (Lipinski definition) is 4. The molecule has 1 amide bonds. The Labute approximate surface area is 158 Å². The highest BCUT2D eigenvalue weighted by atomic mass is 19.1. The predicted octanol–water partition coefficient (Wildman–Crippen LogP) is 3.41. The summed E-state index contributed by atoms with van der Waals surface area (Å²) in [5.74, 6) is 1.63. The van der Waals surface area contributed by atoms with Crippen LogP contribution in [-0.2, 0) is 0 Å². The molecule has 0 spiro atoms. The van der Waals surface area contributed by atoms with Crippen LogP contribution < -0.4 is 15.0 Å². The highest BCUT2D eigenvalue weighted by Crippen LogP contribution is 2.24. The van der Waals surface area contributed by atoms with Gasteiger partial charge in [0.2, 0.25) is 0 Å². The van der Waals surface area contributed by atoms with Crippen molar-refractivity contribution >= 4 is 11.7 Å². The van der Waals surface area contributed by atoms with E-state index in [9.17, 15) is 9.18 Å². The first-order valence-corrected chi connectivity index (χ1v) is 9.57. The number of halogens is 1. The molecular formula is C21H24FN3O2. The van der Waals surface area contributed by atoms with Crippen LogP contribution in [0.2, 0.25) is 0 Å². The van der Waals surface area contributed by atoms with E-state index in [0.717, 1.165) is 44.6 Å². The number of benzene rings is 1. The number of nitrogens with one attached hydrogen (secondary N) is 1. The minimum Gasteiger partial charge on any atom is -0.493 e. The quantitative estimate of drug-likeness (QED) is 0.848. The molecule has 1 saturated carbocycles. The van der Waals surface area contributed by atoms with Gasteiger partial charge in [0.05, 0.1) is 12.2 Å². The van der Waals surface area contributed by atoms with Gasteiger partial charge < -0.3 is 15.0 Å². The third-order valence-electron chi connectivity index (χ3n) is 5.14. The lowest BCUT2D eigenvalue weighted by atomic mass is 9.98. The molecule has 0 radical (unpaired) electrons. The third kappa shape index (κ3) is 4.76. The van der Waals surface area contributed by atoms with Crippen LogP contribution in [0.25, 0.3) is 0 Å². The lowest BCUT2D eigenvalue weighted by Crippen LogP contribution is -2.36. The molecule has 6 heteroatoms. The van der Waals surface area contributed by atoms with E-state index in [2.05, 4.69) is 15.2 Å². The van der Waals surface area contributed by atoms with E-state index in [4.69, 9.17) is 4.74 Å². The molecule has 1 aromatic heterocycles. The molecule has 1 aliphatic heterocycles. The van der Waals surface area contributed by atoms with Gasteiger partial charge in [0, 0.05) is 31.4 Å². The van der Waals surface area contributed by atoms with Crippen LogP contribution >= 0.6 is 0 Å². The Morgan fingerprint density at radius 3 is 2.67 bits per heavy atom. The number of carbonyl (C=O) groups is 1. The van der Waals surface area contributed by atoms with Gasteiger partial charge in [-0.1, -0.05) is 6.07 Å². The molecule has 27 heavy (non-hydrogen) atoms. The largest absolute Gasteiger partial charge is 0.493 e. The van der Waals surface area contributed by atoms with E-state index in [-0.39, 0.29) is 11.7 Å². The molecule has 1 N–H and O–H groups in total. The van der Waals surface area contributed by atoms with Gasteiger partial charge in [0.1, 0.15) is 17.4 Å². The second-order valence-corrected chi connectivity index (χ2v) is 7.35. The van der Waals surface area contributed by atoms with Gasteiger partial charge in [-0.15, -0.1) is 0 Å². The van der Waals surface area contributed by atoms with E-state index in [1.54, 1.807) is 18.3 Å². The van der Waals surface area contributed by atoms with Crippen molar-refractivity contribution in [2.24, 2.45) is 5.92 Å². The van der Waals surface area contributed by atoms with Crippen LogP contribution in [0.5, 0.6) is 5.75 Å². The van der Waals surface area contributed by atoms with Gasteiger partial charge in [0.25, 0.3) is 5.91 Å². The predicted molar refractivity (Wildman–Crippen MR) is 102 cm³/mol. The van der Waals surface area contributed by atoms with Crippen LogP contribution in [0, 0.1) is 11.7 Å². The first-order chi connectivity index (χ1) is 13.2. The fourth-order valence-corrected chi connectivity index (χ4v) is 3.30. The molecule has 0 unspecified atom stereocenters. The number of carbonyl (C=O) groups excluding carboxylic acids is 1. The molecule has 2 heterocycles. The Balaban J connectivity index is 1.25. The van der Waals surface area contributed by atoms with Gasteiger partial charge in [-0.3, -0.25) is 4.79 Å².